The second-order valence-corrected chi connectivity index (χ2v) is 2.87. The fourth-order valence-corrected chi connectivity index (χ4v) is 1.38. The Morgan fingerprint density at radius 2 is 2.38 bits per heavy atom. The monoisotopic (exact) mass is 176 g/mol. The fourth-order valence-electron chi connectivity index (χ4n) is 1.38. The lowest BCUT2D eigenvalue weighted by Gasteiger charge is -1.97. The summed E-state index contributed by atoms with van der Waals surface area (Å²) in [5, 5.41) is 0. The third-order valence-corrected chi connectivity index (χ3v) is 1.98. The lowest BCUT2D eigenvalue weighted by atomic mass is 10.1. The molecule has 0 spiro atoms. The molecule has 0 aliphatic heterocycles. The number of hydrogen-bond acceptors (Lipinski definition) is 2. The Morgan fingerprint density at radius 3 is 3.08 bits per heavy atom. The number of nitrogens with one attached hydrogen (secondary N) is 2. The summed E-state index contributed by atoms with van der Waals surface area (Å²) in [5.41, 5.74) is 8.68. The average molecular weight is 176 g/mol. The van der Waals surface area contributed by atoms with E-state index in [2.05, 4.69) is 15.0 Å². The van der Waals surface area contributed by atoms with Gasteiger partial charge in [0, 0.05) is 30.1 Å². The van der Waals surface area contributed by atoms with E-state index in [4.69, 9.17) is 5.73 Å². The summed E-state index contributed by atoms with van der Waals surface area (Å²) >= 11 is 0. The lowest BCUT2D eigenvalue weighted by Crippen LogP contribution is -2.03. The third kappa shape index (κ3) is 1.48. The van der Waals surface area contributed by atoms with Crippen LogP contribution >= 0.6 is 0 Å². The number of nitrogens with zero attached hydrogens (tertiary/aromatic N) is 1. The molecule has 4 heteroatoms. The van der Waals surface area contributed by atoms with Crippen LogP contribution in [-0.2, 0) is 6.42 Å². The molecule has 0 radical (unpaired) electrons. The van der Waals surface area contributed by atoms with Crippen molar-refractivity contribution in [2.45, 2.75) is 6.42 Å². The average Bonchev–Trinajstić information content (AvgIpc) is 2.71. The molecule has 2 aromatic rings. The first-order valence-electron chi connectivity index (χ1n) is 4.27. The first kappa shape index (κ1) is 8.07. The van der Waals surface area contributed by atoms with Gasteiger partial charge < -0.3 is 15.7 Å². The summed E-state index contributed by atoms with van der Waals surface area (Å²) in [6, 6.07) is 2.00. The van der Waals surface area contributed by atoms with E-state index in [1.807, 2.05) is 18.5 Å². The van der Waals surface area contributed by atoms with Gasteiger partial charge in [-0.3, -0.25) is 0 Å². The van der Waals surface area contributed by atoms with Crippen molar-refractivity contribution in [2.24, 2.45) is 5.73 Å². The van der Waals surface area contributed by atoms with Gasteiger partial charge in [0.25, 0.3) is 0 Å². The van der Waals surface area contributed by atoms with Crippen LogP contribution in [0.3, 0.4) is 0 Å². The molecule has 0 bridgehead atoms. The van der Waals surface area contributed by atoms with Gasteiger partial charge in [0.05, 0.1) is 12.0 Å². The molecule has 0 fully saturated rings. The molecule has 2 aromatic heterocycles. The van der Waals surface area contributed by atoms with Crippen LogP contribution in [0.5, 0.6) is 0 Å². The van der Waals surface area contributed by atoms with Crippen molar-refractivity contribution in [1.29, 1.82) is 0 Å². The van der Waals surface area contributed by atoms with Crippen molar-refractivity contribution in [3.8, 4) is 11.3 Å². The molecule has 0 aliphatic rings. The maximum atomic E-state index is 5.49. The van der Waals surface area contributed by atoms with Crippen molar-refractivity contribution >= 4 is 0 Å². The highest BCUT2D eigenvalue weighted by Crippen LogP contribution is 2.19. The first-order valence-corrected chi connectivity index (χ1v) is 4.27. The largest absolute Gasteiger partial charge is 0.367 e. The fraction of sp³-hybridized carbons (Fsp3) is 0.222. The van der Waals surface area contributed by atoms with Crippen LogP contribution in [0.15, 0.2) is 24.8 Å². The molecule has 2 heterocycles. The maximum Gasteiger partial charge on any atom is 0.0929 e. The number of imidazole rings is 1. The SMILES string of the molecule is NCCc1[nH]cnc1-c1cc[nH]c1. The minimum atomic E-state index is 0.639. The maximum absolute atomic E-state index is 5.49. The number of nitrogens with two attached hydrogens (primary N) is 1. The summed E-state index contributed by atoms with van der Waals surface area (Å²) in [5.74, 6) is 0. The van der Waals surface area contributed by atoms with Crippen molar-refractivity contribution in [3.63, 3.8) is 0 Å². The highest BCUT2D eigenvalue weighted by molar-refractivity contribution is 5.60. The second kappa shape index (κ2) is 3.45. The zero-order valence-corrected chi connectivity index (χ0v) is 7.25. The summed E-state index contributed by atoms with van der Waals surface area (Å²) in [6.07, 6.45) is 6.35. The third-order valence-electron chi connectivity index (χ3n) is 1.98. The lowest BCUT2D eigenvalue weighted by molar-refractivity contribution is 0.937. The van der Waals surface area contributed by atoms with E-state index in [-0.39, 0.29) is 0 Å². The number of aromatic nitrogens is 3. The van der Waals surface area contributed by atoms with Crippen LogP contribution in [0.2, 0.25) is 0 Å². The Balaban J connectivity index is 2.35. The molecule has 0 atom stereocenters. The zero-order chi connectivity index (χ0) is 9.10. The number of rotatable bonds is 3. The predicted molar refractivity (Wildman–Crippen MR) is 51.1 cm³/mol. The quantitative estimate of drug-likeness (QED) is 0.650. The van der Waals surface area contributed by atoms with Gasteiger partial charge in [0.2, 0.25) is 0 Å². The predicted octanol–water partition coefficient (Wildman–Crippen LogP) is 0.906. The molecule has 13 heavy (non-hydrogen) atoms. The normalized spacial score (nSPS) is 10.5. The molecule has 2 rings (SSSR count). The van der Waals surface area contributed by atoms with Gasteiger partial charge in [-0.25, -0.2) is 4.98 Å². The van der Waals surface area contributed by atoms with Crippen molar-refractivity contribution in [1.82, 2.24) is 15.0 Å². The molecular weight excluding hydrogens is 164 g/mol. The van der Waals surface area contributed by atoms with Gasteiger partial charge in [0.15, 0.2) is 0 Å². The number of H-pyrrole nitrogens is 2. The molecule has 0 saturated heterocycles. The Hall–Kier alpha value is -1.55. The minimum Gasteiger partial charge on any atom is -0.367 e. The summed E-state index contributed by atoms with van der Waals surface area (Å²) < 4.78 is 0. The summed E-state index contributed by atoms with van der Waals surface area (Å²) in [6.45, 7) is 0.639. The highest BCUT2D eigenvalue weighted by atomic mass is 14.9. The van der Waals surface area contributed by atoms with E-state index >= 15 is 0 Å². The molecule has 0 unspecified atom stereocenters. The van der Waals surface area contributed by atoms with Crippen molar-refractivity contribution < 1.29 is 0 Å². The van der Waals surface area contributed by atoms with Crippen LogP contribution in [-0.4, -0.2) is 21.5 Å². The highest BCUT2D eigenvalue weighted by Gasteiger charge is 2.06. The number of aromatic amines is 2. The minimum absolute atomic E-state index is 0.639. The Kier molecular flexibility index (Phi) is 2.14. The van der Waals surface area contributed by atoms with Crippen LogP contribution in [0, 0.1) is 0 Å². The van der Waals surface area contributed by atoms with E-state index < -0.39 is 0 Å². The number of hydrogen-bond donors (Lipinski definition) is 3. The molecule has 0 aromatic carbocycles. The van der Waals surface area contributed by atoms with Gasteiger partial charge in [-0.15, -0.1) is 0 Å². The molecule has 4 N–H and O–H groups in total. The van der Waals surface area contributed by atoms with E-state index in [1.165, 1.54) is 0 Å². The first-order chi connectivity index (χ1) is 6.42. The van der Waals surface area contributed by atoms with Gasteiger partial charge in [-0.05, 0) is 12.6 Å². The summed E-state index contributed by atoms with van der Waals surface area (Å²) in [4.78, 5) is 10.3. The Labute approximate surface area is 76.2 Å². The van der Waals surface area contributed by atoms with Crippen LogP contribution < -0.4 is 5.73 Å². The van der Waals surface area contributed by atoms with Gasteiger partial charge >= 0.3 is 0 Å². The van der Waals surface area contributed by atoms with Crippen molar-refractivity contribution in [3.05, 3.63) is 30.5 Å². The smallest absolute Gasteiger partial charge is 0.0929 e. The van der Waals surface area contributed by atoms with Crippen LogP contribution in [0.25, 0.3) is 11.3 Å². The molecule has 68 valence electrons. The molecule has 0 aliphatic carbocycles. The topological polar surface area (TPSA) is 70.5 Å². The van der Waals surface area contributed by atoms with Gasteiger partial charge in [-0.2, -0.15) is 0 Å². The Bertz CT molecular complexity index is 361. The van der Waals surface area contributed by atoms with E-state index in [0.29, 0.717) is 6.54 Å². The Morgan fingerprint density at radius 1 is 1.46 bits per heavy atom. The zero-order valence-electron chi connectivity index (χ0n) is 7.25. The van der Waals surface area contributed by atoms with Gasteiger partial charge in [0.1, 0.15) is 0 Å². The van der Waals surface area contributed by atoms with Crippen LogP contribution in [0.4, 0.5) is 0 Å². The molecular formula is C9H12N4. The molecule has 0 saturated carbocycles. The molecule has 4 nitrogen and oxygen atoms in total. The molecule has 0 amide bonds. The van der Waals surface area contributed by atoms with Crippen molar-refractivity contribution in [2.75, 3.05) is 6.54 Å². The summed E-state index contributed by atoms with van der Waals surface area (Å²) in [7, 11) is 0. The van der Waals surface area contributed by atoms with Crippen LogP contribution in [0.1, 0.15) is 5.69 Å². The van der Waals surface area contributed by atoms with E-state index in [9.17, 15) is 0 Å². The van der Waals surface area contributed by atoms with E-state index in [1.54, 1.807) is 6.33 Å². The van der Waals surface area contributed by atoms with E-state index in [0.717, 1.165) is 23.4 Å². The second-order valence-electron chi connectivity index (χ2n) is 2.87. The van der Waals surface area contributed by atoms with Gasteiger partial charge in [-0.1, -0.05) is 0 Å². The standard InChI is InChI=1S/C9H12N4/c10-3-1-8-9(13-6-12-8)7-2-4-11-5-7/h2,4-6,11H,1,3,10H2,(H,12,13).